The van der Waals surface area contributed by atoms with Crippen molar-refractivity contribution in [1.82, 2.24) is 0 Å². The Morgan fingerprint density at radius 1 is 1.00 bits per heavy atom. The molecule has 0 saturated carbocycles. The Hall–Kier alpha value is 1.07. The summed E-state index contributed by atoms with van der Waals surface area (Å²) in [7, 11) is 0. The van der Waals surface area contributed by atoms with Crippen LogP contribution in [0.4, 0.5) is 0 Å². The molecule has 0 fully saturated rings. The molecule has 0 rings (SSSR count). The molecular formula is FLiOV-2. The molecule has 0 atom stereocenters. The van der Waals surface area contributed by atoms with E-state index in [1.165, 1.54) is 0 Å². The van der Waals surface area contributed by atoms with E-state index in [1.54, 1.807) is 0 Å². The normalized spacial score (nSPS) is 0. The molecule has 0 aliphatic carbocycles. The van der Waals surface area contributed by atoms with E-state index in [1.807, 2.05) is 0 Å². The fraction of sp³-hybridized carbons (Fsp3) is 0. The Balaban J connectivity index is 0. The first-order chi connectivity index (χ1) is 0. The van der Waals surface area contributed by atoms with Crippen LogP contribution in [-0.2, 0) is 24.0 Å². The summed E-state index contributed by atoms with van der Waals surface area (Å²) < 4.78 is 0. The summed E-state index contributed by atoms with van der Waals surface area (Å²) in [4.78, 5) is 0. The molecule has 0 aliphatic rings. The van der Waals surface area contributed by atoms with Crippen LogP contribution in [0.1, 0.15) is 0 Å². The maximum absolute atomic E-state index is 0. The maximum atomic E-state index is 0. The van der Waals surface area contributed by atoms with Gasteiger partial charge in [-0.1, -0.05) is 0 Å². The summed E-state index contributed by atoms with van der Waals surface area (Å²) in [5.74, 6) is 0. The molecule has 0 N–H and O–H groups in total. The molecule has 21 valence electrons. The van der Waals surface area contributed by atoms with Gasteiger partial charge in [0.2, 0.25) is 0 Å². The number of hydrogen-bond donors (Lipinski definition) is 0. The van der Waals surface area contributed by atoms with Gasteiger partial charge in [-0.3, -0.25) is 0 Å². The smallest absolute Gasteiger partial charge is 1.00 e. The minimum absolute atomic E-state index is 0. The van der Waals surface area contributed by atoms with Crippen LogP contribution < -0.4 is 23.6 Å². The molecule has 1 radical (unpaired) electrons. The summed E-state index contributed by atoms with van der Waals surface area (Å²) in [6, 6.07) is 0. The molecule has 4 heteroatoms. The SMILES string of the molecule is [F-].[Li+].[O-2].[V]. The number of halogens is 1. The molecular weight excluding hydrogens is 92.9 g/mol. The van der Waals surface area contributed by atoms with Gasteiger partial charge in [-0.2, -0.15) is 0 Å². The standard InChI is InChI=1S/FH.Li.O.V/h1H;;;/q;+1;-2;/p-1. The Labute approximate surface area is 47.9 Å². The molecule has 0 aromatic rings. The first-order valence-electron chi connectivity index (χ1n) is 0. The zero-order chi connectivity index (χ0) is 0. The van der Waals surface area contributed by atoms with Crippen molar-refractivity contribution in [3.8, 4) is 0 Å². The van der Waals surface area contributed by atoms with Gasteiger partial charge in [-0.25, -0.2) is 0 Å². The van der Waals surface area contributed by atoms with Crippen molar-refractivity contribution in [2.24, 2.45) is 0 Å². The largest absolute Gasteiger partial charge is 2.00 e. The second-order valence-corrected chi connectivity index (χ2v) is 0. The summed E-state index contributed by atoms with van der Waals surface area (Å²) in [5, 5.41) is 0. The average molecular weight is 92.9 g/mol. The first kappa shape index (κ1) is 73.2. The van der Waals surface area contributed by atoms with Crippen LogP contribution in [0.2, 0.25) is 0 Å². The minimum atomic E-state index is 0. The summed E-state index contributed by atoms with van der Waals surface area (Å²) in [5.41, 5.74) is 0. The van der Waals surface area contributed by atoms with Crippen LogP contribution in [-0.4, -0.2) is 0 Å². The van der Waals surface area contributed by atoms with Crippen molar-refractivity contribution in [3.63, 3.8) is 0 Å². The summed E-state index contributed by atoms with van der Waals surface area (Å²) in [6.07, 6.45) is 0. The predicted molar refractivity (Wildman–Crippen MR) is 0.686 cm³/mol. The van der Waals surface area contributed by atoms with Gasteiger partial charge >= 0.3 is 18.9 Å². The van der Waals surface area contributed by atoms with Crippen molar-refractivity contribution in [3.05, 3.63) is 0 Å². The van der Waals surface area contributed by atoms with E-state index in [4.69, 9.17) is 0 Å². The Morgan fingerprint density at radius 3 is 1.00 bits per heavy atom. The second-order valence-electron chi connectivity index (χ2n) is 0. The van der Waals surface area contributed by atoms with Crippen molar-refractivity contribution >= 4 is 0 Å². The third-order valence-corrected chi connectivity index (χ3v) is 0. The molecule has 1 nitrogen and oxygen atoms in total. The van der Waals surface area contributed by atoms with Crippen LogP contribution in [0.25, 0.3) is 0 Å². The zero-order valence-corrected chi connectivity index (χ0v) is 3.63. The fourth-order valence-corrected chi connectivity index (χ4v) is 0. The van der Waals surface area contributed by atoms with Gasteiger partial charge in [-0.05, 0) is 0 Å². The van der Waals surface area contributed by atoms with E-state index in [2.05, 4.69) is 0 Å². The average Bonchev–Trinajstić information content (AvgIpc) is 0. The molecule has 0 aromatic heterocycles. The van der Waals surface area contributed by atoms with Crippen LogP contribution in [0.5, 0.6) is 0 Å². The maximum Gasteiger partial charge on any atom is 1.00 e. The monoisotopic (exact) mass is 93.0 g/mol. The third kappa shape index (κ3) is 11.5. The van der Waals surface area contributed by atoms with Gasteiger partial charge in [0.1, 0.15) is 0 Å². The molecule has 0 bridgehead atoms. The van der Waals surface area contributed by atoms with Crippen molar-refractivity contribution in [2.75, 3.05) is 0 Å². The van der Waals surface area contributed by atoms with Crippen LogP contribution in [0, 0.1) is 0 Å². The zero-order valence-electron chi connectivity index (χ0n) is 2.23. The molecule has 0 aromatic carbocycles. The van der Waals surface area contributed by atoms with Gasteiger partial charge in [0.05, 0.1) is 0 Å². The fourth-order valence-electron chi connectivity index (χ4n) is 0. The molecule has 0 saturated heterocycles. The Bertz CT molecular complexity index is 8.00. The molecule has 0 spiro atoms. The van der Waals surface area contributed by atoms with E-state index in [0.29, 0.717) is 0 Å². The molecule has 0 unspecified atom stereocenters. The molecule has 0 amide bonds. The van der Waals surface area contributed by atoms with E-state index >= 15 is 0 Å². The minimum Gasteiger partial charge on any atom is -2.00 e. The summed E-state index contributed by atoms with van der Waals surface area (Å²) in [6.45, 7) is 0. The van der Waals surface area contributed by atoms with Crippen LogP contribution >= 0.6 is 0 Å². The molecule has 4 heavy (non-hydrogen) atoms. The quantitative estimate of drug-likeness (QED) is 0.267. The van der Waals surface area contributed by atoms with Gasteiger partial charge < -0.3 is 10.2 Å². The number of hydrogen-bond acceptors (Lipinski definition) is 0. The number of rotatable bonds is 0. The molecule has 0 aliphatic heterocycles. The van der Waals surface area contributed by atoms with Crippen molar-refractivity contribution < 1.29 is 47.6 Å². The second kappa shape index (κ2) is 33.4. The predicted octanol–water partition coefficient (Wildman–Crippen LogP) is -6.11. The van der Waals surface area contributed by atoms with Crippen molar-refractivity contribution in [1.29, 1.82) is 0 Å². The van der Waals surface area contributed by atoms with Gasteiger partial charge in [-0.15, -0.1) is 0 Å². The van der Waals surface area contributed by atoms with Gasteiger partial charge in [0.15, 0.2) is 0 Å². The first-order valence-corrected chi connectivity index (χ1v) is 0. The topological polar surface area (TPSA) is 28.5 Å². The Morgan fingerprint density at radius 2 is 1.00 bits per heavy atom. The van der Waals surface area contributed by atoms with E-state index < -0.39 is 0 Å². The van der Waals surface area contributed by atoms with Crippen LogP contribution in [0.15, 0.2) is 0 Å². The summed E-state index contributed by atoms with van der Waals surface area (Å²) >= 11 is 0. The third-order valence-electron chi connectivity index (χ3n) is 0. The Kier molecular flexibility index (Phi) is 612. The van der Waals surface area contributed by atoms with E-state index in [9.17, 15) is 0 Å². The van der Waals surface area contributed by atoms with Crippen molar-refractivity contribution in [2.45, 2.75) is 0 Å². The molecule has 0 heterocycles. The van der Waals surface area contributed by atoms with E-state index in [-0.39, 0.29) is 47.6 Å². The van der Waals surface area contributed by atoms with Crippen LogP contribution in [0.3, 0.4) is 0 Å². The van der Waals surface area contributed by atoms with E-state index in [0.717, 1.165) is 0 Å². The van der Waals surface area contributed by atoms with Gasteiger partial charge in [0.25, 0.3) is 0 Å². The van der Waals surface area contributed by atoms with Gasteiger partial charge in [0, 0.05) is 18.6 Å².